The molecule has 0 amide bonds. The molecule has 0 saturated heterocycles. The van der Waals surface area contributed by atoms with Crippen LogP contribution in [0.15, 0.2) is 42.7 Å². The van der Waals surface area contributed by atoms with Crippen LogP contribution in [0.1, 0.15) is 55.5 Å². The van der Waals surface area contributed by atoms with Crippen molar-refractivity contribution in [1.82, 2.24) is 29.4 Å². The molecule has 5 aromatic rings. The molecule has 0 radical (unpaired) electrons. The summed E-state index contributed by atoms with van der Waals surface area (Å²) in [6.07, 6.45) is 6.37. The average Bonchev–Trinajstić information content (AvgIpc) is 3.69. The molecule has 1 aliphatic rings. The number of fused-ring (bicyclic) bond motifs is 3. The lowest BCUT2D eigenvalue weighted by Gasteiger charge is -2.35. The molecule has 1 aliphatic carbocycles. The van der Waals surface area contributed by atoms with E-state index in [4.69, 9.17) is 29.3 Å². The average molecular weight is 576 g/mol. The van der Waals surface area contributed by atoms with Gasteiger partial charge in [0.1, 0.15) is 11.5 Å². The Hall–Kier alpha value is -4.45. The Balaban J connectivity index is 1.40. The molecule has 0 aliphatic heterocycles. The molecule has 2 atom stereocenters. The third-order valence-corrected chi connectivity index (χ3v) is 8.08. The minimum atomic E-state index is -1.03. The van der Waals surface area contributed by atoms with E-state index in [0.717, 1.165) is 30.5 Å². The number of hydrogen-bond donors (Lipinski definition) is 2. The normalized spacial score (nSPS) is 18.9. The van der Waals surface area contributed by atoms with Gasteiger partial charge in [-0.25, -0.2) is 14.4 Å². The highest BCUT2D eigenvalue weighted by Crippen LogP contribution is 2.43. The van der Waals surface area contributed by atoms with Crippen LogP contribution < -0.4 is 19.5 Å². The number of hydrogen-bond acceptors (Lipinski definition) is 9. The second kappa shape index (κ2) is 11.1. The summed E-state index contributed by atoms with van der Waals surface area (Å²) in [5, 5.41) is 24.8. The first-order valence-electron chi connectivity index (χ1n) is 14.0. The number of rotatable bonds is 9. The fourth-order valence-electron chi connectivity index (χ4n) is 5.75. The SMILES string of the molecule is CCn1cc(C2(O)CCCC(c3nc4c5cc(F)c(OC)cc5nc(NCc5ccc(OC)cc5OC)n4n3)C2)cn1. The molecule has 12 heteroatoms. The molecule has 0 spiro atoms. The van der Waals surface area contributed by atoms with Crippen molar-refractivity contribution < 1.29 is 23.7 Å². The van der Waals surface area contributed by atoms with Crippen molar-refractivity contribution in [2.75, 3.05) is 26.6 Å². The summed E-state index contributed by atoms with van der Waals surface area (Å²) < 4.78 is 34.4. The first kappa shape index (κ1) is 27.7. The van der Waals surface area contributed by atoms with Gasteiger partial charge in [-0.3, -0.25) is 4.68 Å². The fourth-order valence-corrected chi connectivity index (χ4v) is 5.75. The molecule has 0 bridgehead atoms. The van der Waals surface area contributed by atoms with Gasteiger partial charge < -0.3 is 24.6 Å². The number of aliphatic hydroxyl groups is 1. The highest BCUT2D eigenvalue weighted by molar-refractivity contribution is 5.93. The molecule has 11 nitrogen and oxygen atoms in total. The Bertz CT molecular complexity index is 1750. The second-order valence-electron chi connectivity index (χ2n) is 10.6. The minimum absolute atomic E-state index is 0.0897. The van der Waals surface area contributed by atoms with Crippen molar-refractivity contribution in [2.45, 2.75) is 57.2 Å². The van der Waals surface area contributed by atoms with E-state index in [1.54, 1.807) is 31.0 Å². The zero-order valence-corrected chi connectivity index (χ0v) is 24.1. The molecular formula is C30H34FN7O4. The van der Waals surface area contributed by atoms with Crippen molar-refractivity contribution >= 4 is 22.5 Å². The molecule has 1 saturated carbocycles. The van der Waals surface area contributed by atoms with Crippen LogP contribution >= 0.6 is 0 Å². The fraction of sp³-hybridized carbons (Fsp3) is 0.400. The lowest BCUT2D eigenvalue weighted by Crippen LogP contribution is -2.32. The molecule has 2 aromatic carbocycles. The van der Waals surface area contributed by atoms with Crippen molar-refractivity contribution in [3.63, 3.8) is 0 Å². The van der Waals surface area contributed by atoms with Gasteiger partial charge in [0.15, 0.2) is 23.0 Å². The molecule has 1 fully saturated rings. The number of ether oxygens (including phenoxy) is 3. The van der Waals surface area contributed by atoms with Gasteiger partial charge in [0.2, 0.25) is 5.95 Å². The van der Waals surface area contributed by atoms with Crippen LogP contribution in [0.5, 0.6) is 17.2 Å². The molecule has 6 rings (SSSR count). The van der Waals surface area contributed by atoms with Crippen LogP contribution in [0.3, 0.4) is 0 Å². The Kier molecular flexibility index (Phi) is 7.31. The predicted octanol–water partition coefficient (Wildman–Crippen LogP) is 4.82. The first-order chi connectivity index (χ1) is 20.3. The summed E-state index contributed by atoms with van der Waals surface area (Å²) >= 11 is 0. The summed E-state index contributed by atoms with van der Waals surface area (Å²) in [6, 6.07) is 8.52. The summed E-state index contributed by atoms with van der Waals surface area (Å²) in [7, 11) is 4.63. The number of methoxy groups -OCH3 is 3. The van der Waals surface area contributed by atoms with Gasteiger partial charge in [-0.05, 0) is 50.8 Å². The van der Waals surface area contributed by atoms with E-state index >= 15 is 0 Å². The van der Waals surface area contributed by atoms with Gasteiger partial charge in [-0.2, -0.15) is 9.61 Å². The molecule has 2 unspecified atom stereocenters. The zero-order valence-electron chi connectivity index (χ0n) is 24.1. The maximum atomic E-state index is 14.9. The smallest absolute Gasteiger partial charge is 0.226 e. The highest BCUT2D eigenvalue weighted by Gasteiger charge is 2.39. The summed E-state index contributed by atoms with van der Waals surface area (Å²) in [4.78, 5) is 9.69. The number of benzene rings is 2. The summed E-state index contributed by atoms with van der Waals surface area (Å²) in [5.74, 6) is 1.82. The van der Waals surface area contributed by atoms with Crippen molar-refractivity contribution in [2.24, 2.45) is 0 Å². The highest BCUT2D eigenvalue weighted by atomic mass is 19.1. The van der Waals surface area contributed by atoms with E-state index < -0.39 is 11.4 Å². The van der Waals surface area contributed by atoms with E-state index in [9.17, 15) is 9.50 Å². The molecule has 220 valence electrons. The predicted molar refractivity (Wildman–Crippen MR) is 155 cm³/mol. The standard InChI is InChI=1S/C30H34FN7O4/c1-5-37-17-20(16-33-37)30(39)10-6-7-18(14-30)27-35-28-22-12-23(31)26(42-4)13-24(22)34-29(38(28)36-27)32-15-19-8-9-21(40-2)11-25(19)41-3/h8-9,11-13,16-18,39H,5-7,10,14-15H2,1-4H3,(H,32,34). The number of aromatic nitrogens is 6. The van der Waals surface area contributed by atoms with E-state index in [2.05, 4.69) is 10.4 Å². The van der Waals surface area contributed by atoms with E-state index in [-0.39, 0.29) is 11.7 Å². The van der Waals surface area contributed by atoms with Crippen LogP contribution in [0.4, 0.5) is 10.3 Å². The van der Waals surface area contributed by atoms with Gasteiger partial charge in [-0.15, -0.1) is 5.10 Å². The Labute approximate surface area is 242 Å². The van der Waals surface area contributed by atoms with Gasteiger partial charge in [0.25, 0.3) is 0 Å². The number of nitrogens with zero attached hydrogens (tertiary/aromatic N) is 6. The first-order valence-corrected chi connectivity index (χ1v) is 14.0. The maximum absolute atomic E-state index is 14.9. The molecule has 2 N–H and O–H groups in total. The topological polar surface area (TPSA) is 121 Å². The van der Waals surface area contributed by atoms with Crippen LogP contribution in [0.2, 0.25) is 0 Å². The third-order valence-electron chi connectivity index (χ3n) is 8.08. The van der Waals surface area contributed by atoms with Crippen LogP contribution in [0.25, 0.3) is 16.6 Å². The van der Waals surface area contributed by atoms with Gasteiger partial charge >= 0.3 is 0 Å². The van der Waals surface area contributed by atoms with Gasteiger partial charge in [0, 0.05) is 53.9 Å². The number of halogens is 1. The Morgan fingerprint density at radius 1 is 1.10 bits per heavy atom. The number of nitrogens with one attached hydrogen (secondary N) is 1. The molecular weight excluding hydrogens is 541 g/mol. The third kappa shape index (κ3) is 4.95. The van der Waals surface area contributed by atoms with Gasteiger partial charge in [0.05, 0.1) is 38.6 Å². The number of aryl methyl sites for hydroxylation is 1. The number of anilines is 1. The quantitative estimate of drug-likeness (QED) is 0.255. The van der Waals surface area contributed by atoms with Crippen molar-refractivity contribution in [3.8, 4) is 17.2 Å². The Morgan fingerprint density at radius 2 is 1.93 bits per heavy atom. The second-order valence-corrected chi connectivity index (χ2v) is 10.6. The molecule has 3 aromatic heterocycles. The van der Waals surface area contributed by atoms with E-state index in [1.807, 2.05) is 36.0 Å². The Morgan fingerprint density at radius 3 is 2.67 bits per heavy atom. The summed E-state index contributed by atoms with van der Waals surface area (Å²) in [6.45, 7) is 3.12. The summed E-state index contributed by atoms with van der Waals surface area (Å²) in [5.41, 5.74) is 1.63. The van der Waals surface area contributed by atoms with Crippen molar-refractivity contribution in [1.29, 1.82) is 0 Å². The largest absolute Gasteiger partial charge is 0.497 e. The van der Waals surface area contributed by atoms with Gasteiger partial charge in [-0.1, -0.05) is 0 Å². The minimum Gasteiger partial charge on any atom is -0.497 e. The lowest BCUT2D eigenvalue weighted by molar-refractivity contribution is -0.00946. The van der Waals surface area contributed by atoms with Crippen molar-refractivity contribution in [3.05, 3.63) is 65.5 Å². The van der Waals surface area contributed by atoms with E-state index in [0.29, 0.717) is 59.2 Å². The monoisotopic (exact) mass is 575 g/mol. The van der Waals surface area contributed by atoms with Crippen LogP contribution in [-0.4, -0.2) is 55.8 Å². The van der Waals surface area contributed by atoms with E-state index in [1.165, 1.54) is 13.2 Å². The maximum Gasteiger partial charge on any atom is 0.226 e. The van der Waals surface area contributed by atoms with Crippen LogP contribution in [-0.2, 0) is 18.7 Å². The zero-order chi connectivity index (χ0) is 29.4. The molecule has 3 heterocycles. The van der Waals surface area contributed by atoms with Crippen LogP contribution in [0, 0.1) is 5.82 Å². The lowest BCUT2D eigenvalue weighted by atomic mass is 9.75. The molecule has 42 heavy (non-hydrogen) atoms.